The number of thiol groups is 1. The summed E-state index contributed by atoms with van der Waals surface area (Å²) in [7, 11) is 0. The summed E-state index contributed by atoms with van der Waals surface area (Å²) in [5.41, 5.74) is 6.60. The van der Waals surface area contributed by atoms with Crippen LogP contribution in [0.25, 0.3) is 0 Å². The molecule has 0 spiro atoms. The Kier molecular flexibility index (Phi) is 4.41. The minimum atomic E-state index is 0. The van der Waals surface area contributed by atoms with Gasteiger partial charge in [-0.25, -0.2) is 0 Å². The molecule has 83 valence electrons. The third-order valence-corrected chi connectivity index (χ3v) is 2.20. The third-order valence-electron chi connectivity index (χ3n) is 1.88. The van der Waals surface area contributed by atoms with E-state index in [4.69, 9.17) is 5.73 Å². The quantitative estimate of drug-likeness (QED) is 0.646. The predicted octanol–water partition coefficient (Wildman–Crippen LogP) is 1.14. The van der Waals surface area contributed by atoms with Gasteiger partial charge in [0.15, 0.2) is 0 Å². The third kappa shape index (κ3) is 3.10. The average Bonchev–Trinajstić information content (AvgIpc) is 2.47. The molecule has 0 saturated carbocycles. The van der Waals surface area contributed by atoms with Crippen molar-refractivity contribution in [1.29, 1.82) is 0 Å². The minimum Gasteiger partial charge on any atom is -0.366 e. The van der Waals surface area contributed by atoms with Crippen molar-refractivity contribution in [2.75, 3.05) is 5.73 Å². The summed E-state index contributed by atoms with van der Waals surface area (Å²) in [6, 6.07) is 10.00. The van der Waals surface area contributed by atoms with Gasteiger partial charge in [-0.3, -0.25) is 0 Å². The minimum absolute atomic E-state index is 0. The first kappa shape index (κ1) is 12.3. The van der Waals surface area contributed by atoms with E-state index in [-0.39, 0.29) is 28.3 Å². The number of aromatic nitrogens is 3. The molecular formula is C9H10AgN4S. The molecule has 1 aromatic heterocycles. The van der Waals surface area contributed by atoms with Gasteiger partial charge >= 0.3 is 0 Å². The number of nitrogens with zero attached hydrogens (tertiary/aromatic N) is 3. The first-order valence-electron chi connectivity index (χ1n) is 4.20. The van der Waals surface area contributed by atoms with E-state index < -0.39 is 0 Å². The van der Waals surface area contributed by atoms with Gasteiger partial charge < -0.3 is 5.73 Å². The van der Waals surface area contributed by atoms with Gasteiger partial charge in [0.2, 0.25) is 5.95 Å². The number of hydrogen-bond acceptors (Lipinski definition) is 4. The summed E-state index contributed by atoms with van der Waals surface area (Å²) in [5, 5.41) is 3.85. The zero-order chi connectivity index (χ0) is 9.97. The second-order valence-corrected chi connectivity index (χ2v) is 3.32. The number of rotatable bonds is 2. The fourth-order valence-electron chi connectivity index (χ4n) is 1.24. The van der Waals surface area contributed by atoms with Gasteiger partial charge in [-0.15, -0.1) is 5.10 Å². The van der Waals surface area contributed by atoms with Gasteiger partial charge in [0.25, 0.3) is 0 Å². The van der Waals surface area contributed by atoms with E-state index in [1.807, 2.05) is 30.3 Å². The fraction of sp³-hybridized carbons (Fsp3) is 0.111. The standard InChI is InChI=1S/C9H10N4S.Ag/c10-9-11-8(13(14)12-9)6-7-4-2-1-3-5-7;/h1-5,14H,6H2,(H2,10,12);. The summed E-state index contributed by atoms with van der Waals surface area (Å²) in [4.78, 5) is 4.06. The SMILES string of the molecule is Nc1nc(Cc2ccccc2)n(S)n1.[Ag]. The zero-order valence-electron chi connectivity index (χ0n) is 7.76. The first-order valence-corrected chi connectivity index (χ1v) is 4.60. The topological polar surface area (TPSA) is 56.7 Å². The van der Waals surface area contributed by atoms with Crippen LogP contribution in [0.1, 0.15) is 11.4 Å². The molecule has 1 heterocycles. The molecule has 0 bridgehead atoms. The van der Waals surface area contributed by atoms with Gasteiger partial charge in [-0.05, 0) is 18.4 Å². The molecule has 2 N–H and O–H groups in total. The van der Waals surface area contributed by atoms with Crippen LogP contribution in [0.2, 0.25) is 0 Å². The number of nitrogen functional groups attached to an aromatic ring is 1. The summed E-state index contributed by atoms with van der Waals surface area (Å²) in [5.74, 6) is 1.00. The van der Waals surface area contributed by atoms with E-state index >= 15 is 0 Å². The molecule has 0 aliphatic carbocycles. The van der Waals surface area contributed by atoms with Crippen LogP contribution in [0.15, 0.2) is 30.3 Å². The zero-order valence-corrected chi connectivity index (χ0v) is 10.1. The van der Waals surface area contributed by atoms with Crippen LogP contribution in [-0.4, -0.2) is 14.2 Å². The summed E-state index contributed by atoms with van der Waals surface area (Å²) in [6.45, 7) is 0. The Bertz CT molecular complexity index is 429. The van der Waals surface area contributed by atoms with E-state index in [9.17, 15) is 0 Å². The molecular weight excluding hydrogens is 304 g/mol. The molecule has 0 unspecified atom stereocenters. The molecule has 15 heavy (non-hydrogen) atoms. The molecule has 1 radical (unpaired) electrons. The molecule has 0 saturated heterocycles. The number of hydrogen-bond donors (Lipinski definition) is 2. The van der Waals surface area contributed by atoms with Crippen LogP contribution in [0.5, 0.6) is 0 Å². The van der Waals surface area contributed by atoms with Crippen molar-refractivity contribution in [3.8, 4) is 0 Å². The second-order valence-electron chi connectivity index (χ2n) is 2.94. The molecule has 1 aromatic carbocycles. The van der Waals surface area contributed by atoms with Crippen LogP contribution in [0, 0.1) is 0 Å². The van der Waals surface area contributed by atoms with Crippen molar-refractivity contribution in [2.45, 2.75) is 6.42 Å². The predicted molar refractivity (Wildman–Crippen MR) is 58.1 cm³/mol. The molecule has 0 amide bonds. The van der Waals surface area contributed by atoms with E-state index in [0.29, 0.717) is 6.42 Å². The second kappa shape index (κ2) is 5.37. The fourth-order valence-corrected chi connectivity index (χ4v) is 1.45. The Hall–Kier alpha value is -0.750. The van der Waals surface area contributed by atoms with E-state index in [1.54, 1.807) is 0 Å². The number of anilines is 1. The van der Waals surface area contributed by atoms with Crippen molar-refractivity contribution in [3.63, 3.8) is 0 Å². The van der Waals surface area contributed by atoms with Crippen molar-refractivity contribution in [3.05, 3.63) is 41.7 Å². The van der Waals surface area contributed by atoms with Crippen LogP contribution < -0.4 is 5.73 Å². The van der Waals surface area contributed by atoms with Crippen LogP contribution in [0.3, 0.4) is 0 Å². The van der Waals surface area contributed by atoms with Crippen LogP contribution in [0.4, 0.5) is 5.95 Å². The van der Waals surface area contributed by atoms with Crippen molar-refractivity contribution >= 4 is 18.8 Å². The summed E-state index contributed by atoms with van der Waals surface area (Å²) in [6.07, 6.45) is 0.689. The number of benzene rings is 1. The average molecular weight is 314 g/mol. The Morgan fingerprint density at radius 2 is 1.93 bits per heavy atom. The van der Waals surface area contributed by atoms with E-state index in [0.717, 1.165) is 11.4 Å². The van der Waals surface area contributed by atoms with Crippen LogP contribution in [-0.2, 0) is 28.8 Å². The largest absolute Gasteiger partial charge is 0.366 e. The van der Waals surface area contributed by atoms with Gasteiger partial charge in [0, 0.05) is 28.8 Å². The van der Waals surface area contributed by atoms with Crippen molar-refractivity contribution in [2.24, 2.45) is 0 Å². The maximum absolute atomic E-state index is 5.44. The first-order chi connectivity index (χ1) is 6.75. The normalized spacial score (nSPS) is 9.67. The maximum atomic E-state index is 5.44. The van der Waals surface area contributed by atoms with Gasteiger partial charge in [0.05, 0.1) is 0 Å². The van der Waals surface area contributed by atoms with E-state index in [1.165, 1.54) is 4.09 Å². The van der Waals surface area contributed by atoms with Gasteiger partial charge in [-0.2, -0.15) is 9.07 Å². The Morgan fingerprint density at radius 1 is 1.27 bits per heavy atom. The van der Waals surface area contributed by atoms with Crippen LogP contribution >= 0.6 is 12.8 Å². The summed E-state index contributed by atoms with van der Waals surface area (Å²) >= 11 is 4.11. The molecule has 4 nitrogen and oxygen atoms in total. The molecule has 0 aliphatic heterocycles. The molecule has 0 aliphatic rings. The molecule has 6 heteroatoms. The summed E-state index contributed by atoms with van der Waals surface area (Å²) < 4.78 is 1.41. The Labute approximate surface area is 109 Å². The maximum Gasteiger partial charge on any atom is 0.240 e. The molecule has 2 rings (SSSR count). The monoisotopic (exact) mass is 313 g/mol. The number of nitrogens with two attached hydrogens (primary N) is 1. The molecule has 0 fully saturated rings. The van der Waals surface area contributed by atoms with Gasteiger partial charge in [-0.1, -0.05) is 30.3 Å². The van der Waals surface area contributed by atoms with Gasteiger partial charge in [0.1, 0.15) is 5.82 Å². The van der Waals surface area contributed by atoms with Crippen molar-refractivity contribution in [1.82, 2.24) is 14.2 Å². The Morgan fingerprint density at radius 3 is 2.47 bits per heavy atom. The van der Waals surface area contributed by atoms with E-state index in [2.05, 4.69) is 22.9 Å². The Balaban J connectivity index is 0.00000112. The van der Waals surface area contributed by atoms with Crippen molar-refractivity contribution < 1.29 is 22.4 Å². The molecule has 2 aromatic rings. The molecule has 0 atom stereocenters. The smallest absolute Gasteiger partial charge is 0.240 e.